The lowest BCUT2D eigenvalue weighted by Crippen LogP contribution is -2.49. The van der Waals surface area contributed by atoms with Crippen LogP contribution in [-0.4, -0.2) is 61.2 Å². The van der Waals surface area contributed by atoms with Gasteiger partial charge in [0.05, 0.1) is 0 Å². The third-order valence-electron chi connectivity index (χ3n) is 4.08. The summed E-state index contributed by atoms with van der Waals surface area (Å²) in [5.41, 5.74) is 0. The van der Waals surface area contributed by atoms with Crippen LogP contribution in [0.3, 0.4) is 0 Å². The van der Waals surface area contributed by atoms with Crippen LogP contribution in [0.25, 0.3) is 0 Å². The molecule has 2 aliphatic heterocycles. The van der Waals surface area contributed by atoms with Crippen molar-refractivity contribution in [3.8, 4) is 0 Å². The summed E-state index contributed by atoms with van der Waals surface area (Å²) in [6.45, 7) is 12.1. The van der Waals surface area contributed by atoms with Gasteiger partial charge in [-0.1, -0.05) is 6.92 Å². The highest BCUT2D eigenvalue weighted by molar-refractivity contribution is 4.87. The van der Waals surface area contributed by atoms with Crippen molar-refractivity contribution in [3.05, 3.63) is 0 Å². The minimum Gasteiger partial charge on any atom is -0.314 e. The summed E-state index contributed by atoms with van der Waals surface area (Å²) < 4.78 is 0. The molecule has 0 radical (unpaired) electrons. The number of rotatable bonds is 3. The van der Waals surface area contributed by atoms with Crippen molar-refractivity contribution in [1.82, 2.24) is 15.1 Å². The van der Waals surface area contributed by atoms with Gasteiger partial charge in [-0.2, -0.15) is 0 Å². The molecule has 2 atom stereocenters. The minimum absolute atomic E-state index is 0.776. The van der Waals surface area contributed by atoms with E-state index in [1.807, 2.05) is 0 Å². The maximum absolute atomic E-state index is 3.43. The Morgan fingerprint density at radius 2 is 2.00 bits per heavy atom. The number of piperazine rings is 1. The first-order valence-electron chi connectivity index (χ1n) is 6.50. The summed E-state index contributed by atoms with van der Waals surface area (Å²) in [5, 5.41) is 3.43. The third kappa shape index (κ3) is 2.71. The third-order valence-corrected chi connectivity index (χ3v) is 4.08. The van der Waals surface area contributed by atoms with Crippen LogP contribution in [0.5, 0.6) is 0 Å². The molecule has 2 saturated heterocycles. The Bertz CT molecular complexity index is 189. The monoisotopic (exact) mass is 211 g/mol. The van der Waals surface area contributed by atoms with Crippen LogP contribution >= 0.6 is 0 Å². The van der Waals surface area contributed by atoms with Gasteiger partial charge in [-0.05, 0) is 19.8 Å². The molecule has 15 heavy (non-hydrogen) atoms. The van der Waals surface area contributed by atoms with Crippen LogP contribution in [0.1, 0.15) is 26.7 Å². The quantitative estimate of drug-likeness (QED) is 0.744. The van der Waals surface area contributed by atoms with E-state index in [-0.39, 0.29) is 0 Å². The molecule has 2 fully saturated rings. The van der Waals surface area contributed by atoms with E-state index in [2.05, 4.69) is 29.0 Å². The van der Waals surface area contributed by atoms with Gasteiger partial charge in [-0.25, -0.2) is 0 Å². The van der Waals surface area contributed by atoms with Crippen molar-refractivity contribution >= 4 is 0 Å². The molecule has 2 unspecified atom stereocenters. The topological polar surface area (TPSA) is 18.5 Å². The average Bonchev–Trinajstić information content (AvgIpc) is 2.78. The first-order chi connectivity index (χ1) is 7.31. The van der Waals surface area contributed by atoms with Gasteiger partial charge in [-0.3, -0.25) is 9.80 Å². The number of hydrogen-bond donors (Lipinski definition) is 1. The number of hydrogen-bond acceptors (Lipinski definition) is 3. The predicted octanol–water partition coefficient (Wildman–Crippen LogP) is 0.764. The van der Waals surface area contributed by atoms with Gasteiger partial charge in [0.2, 0.25) is 0 Å². The second-order valence-electron chi connectivity index (χ2n) is 4.98. The maximum atomic E-state index is 3.43. The second-order valence-corrected chi connectivity index (χ2v) is 4.98. The summed E-state index contributed by atoms with van der Waals surface area (Å²) in [6, 6.07) is 1.61. The van der Waals surface area contributed by atoms with E-state index in [4.69, 9.17) is 0 Å². The van der Waals surface area contributed by atoms with E-state index in [1.54, 1.807) is 0 Å². The van der Waals surface area contributed by atoms with Crippen molar-refractivity contribution in [2.45, 2.75) is 38.8 Å². The molecular weight excluding hydrogens is 186 g/mol. The SMILES string of the molecule is CCC(C)N1CCC(N2CCNCC2)C1. The average molecular weight is 211 g/mol. The summed E-state index contributed by atoms with van der Waals surface area (Å²) in [6.07, 6.45) is 2.67. The lowest BCUT2D eigenvalue weighted by atomic mass is 10.2. The van der Waals surface area contributed by atoms with Crippen LogP contribution in [0.2, 0.25) is 0 Å². The van der Waals surface area contributed by atoms with E-state index in [0.717, 1.165) is 12.1 Å². The Balaban J connectivity index is 1.80. The normalized spacial score (nSPS) is 32.0. The molecule has 0 bridgehead atoms. The van der Waals surface area contributed by atoms with E-state index in [9.17, 15) is 0 Å². The number of nitrogens with one attached hydrogen (secondary N) is 1. The molecule has 0 saturated carbocycles. The lowest BCUT2D eigenvalue weighted by Gasteiger charge is -2.33. The molecule has 3 heteroatoms. The highest BCUT2D eigenvalue weighted by Gasteiger charge is 2.29. The highest BCUT2D eigenvalue weighted by atomic mass is 15.3. The molecule has 3 nitrogen and oxygen atoms in total. The fraction of sp³-hybridized carbons (Fsp3) is 1.00. The van der Waals surface area contributed by atoms with Gasteiger partial charge in [0, 0.05) is 51.4 Å². The lowest BCUT2D eigenvalue weighted by molar-refractivity contribution is 0.161. The van der Waals surface area contributed by atoms with Crippen LogP contribution in [0.15, 0.2) is 0 Å². The maximum Gasteiger partial charge on any atom is 0.0236 e. The zero-order valence-electron chi connectivity index (χ0n) is 10.2. The molecule has 0 amide bonds. The first-order valence-corrected chi connectivity index (χ1v) is 6.50. The molecule has 88 valence electrons. The van der Waals surface area contributed by atoms with Crippen LogP contribution in [-0.2, 0) is 0 Å². The Labute approximate surface area is 93.8 Å². The molecule has 0 aromatic heterocycles. The molecule has 0 aromatic rings. The standard InChI is InChI=1S/C12H25N3/c1-3-11(2)15-7-4-12(10-15)14-8-5-13-6-9-14/h11-13H,3-10H2,1-2H3. The fourth-order valence-electron chi connectivity index (χ4n) is 2.77. The van der Waals surface area contributed by atoms with Crippen molar-refractivity contribution < 1.29 is 0 Å². The van der Waals surface area contributed by atoms with Crippen LogP contribution in [0.4, 0.5) is 0 Å². The molecule has 2 aliphatic rings. The largest absolute Gasteiger partial charge is 0.314 e. The summed E-state index contributed by atoms with van der Waals surface area (Å²) in [4.78, 5) is 5.34. The van der Waals surface area contributed by atoms with E-state index in [0.29, 0.717) is 0 Å². The van der Waals surface area contributed by atoms with Gasteiger partial charge < -0.3 is 5.32 Å². The van der Waals surface area contributed by atoms with Gasteiger partial charge >= 0.3 is 0 Å². The number of likely N-dealkylation sites (tertiary alicyclic amines) is 1. The molecule has 1 N–H and O–H groups in total. The summed E-state index contributed by atoms with van der Waals surface area (Å²) in [7, 11) is 0. The summed E-state index contributed by atoms with van der Waals surface area (Å²) in [5.74, 6) is 0. The van der Waals surface area contributed by atoms with E-state index >= 15 is 0 Å². The van der Waals surface area contributed by atoms with Crippen molar-refractivity contribution in [3.63, 3.8) is 0 Å². The second kappa shape index (κ2) is 5.28. The Morgan fingerprint density at radius 3 is 2.67 bits per heavy atom. The van der Waals surface area contributed by atoms with Gasteiger partial charge in [-0.15, -0.1) is 0 Å². The first kappa shape index (κ1) is 11.4. The molecule has 0 aliphatic carbocycles. The molecule has 0 aromatic carbocycles. The predicted molar refractivity (Wildman–Crippen MR) is 64.2 cm³/mol. The van der Waals surface area contributed by atoms with E-state index in [1.165, 1.54) is 52.1 Å². The van der Waals surface area contributed by atoms with Gasteiger partial charge in [0.15, 0.2) is 0 Å². The minimum atomic E-state index is 0.776. The zero-order chi connectivity index (χ0) is 10.7. The van der Waals surface area contributed by atoms with Gasteiger partial charge in [0.1, 0.15) is 0 Å². The molecule has 0 spiro atoms. The Morgan fingerprint density at radius 1 is 1.27 bits per heavy atom. The molecular formula is C12H25N3. The Kier molecular flexibility index (Phi) is 4.00. The van der Waals surface area contributed by atoms with Gasteiger partial charge in [0.25, 0.3) is 0 Å². The molecule has 2 heterocycles. The van der Waals surface area contributed by atoms with Crippen molar-refractivity contribution in [2.24, 2.45) is 0 Å². The fourth-order valence-corrected chi connectivity index (χ4v) is 2.77. The zero-order valence-corrected chi connectivity index (χ0v) is 10.2. The highest BCUT2D eigenvalue weighted by Crippen LogP contribution is 2.19. The van der Waals surface area contributed by atoms with E-state index < -0.39 is 0 Å². The Hall–Kier alpha value is -0.120. The van der Waals surface area contributed by atoms with Crippen LogP contribution < -0.4 is 5.32 Å². The summed E-state index contributed by atoms with van der Waals surface area (Å²) >= 11 is 0. The molecule has 2 rings (SSSR count). The van der Waals surface area contributed by atoms with Crippen LogP contribution in [0, 0.1) is 0 Å². The van der Waals surface area contributed by atoms with Crippen molar-refractivity contribution in [2.75, 3.05) is 39.3 Å². The number of nitrogens with zero attached hydrogens (tertiary/aromatic N) is 2. The van der Waals surface area contributed by atoms with Crippen molar-refractivity contribution in [1.29, 1.82) is 0 Å². The smallest absolute Gasteiger partial charge is 0.0236 e.